The maximum absolute atomic E-state index is 12.6. The first-order valence-corrected chi connectivity index (χ1v) is 10.2. The zero-order valence-electron chi connectivity index (χ0n) is 17.9. The van der Waals surface area contributed by atoms with Gasteiger partial charge in [-0.1, -0.05) is 29.8 Å². The van der Waals surface area contributed by atoms with Crippen LogP contribution >= 0.6 is 11.6 Å². The van der Waals surface area contributed by atoms with Gasteiger partial charge < -0.3 is 19.1 Å². The van der Waals surface area contributed by atoms with E-state index in [0.29, 0.717) is 36.3 Å². The van der Waals surface area contributed by atoms with Crippen LogP contribution in [0.4, 0.5) is 0 Å². The Labute approximate surface area is 187 Å². The molecule has 0 fully saturated rings. The molecule has 0 radical (unpaired) electrons. The van der Waals surface area contributed by atoms with Crippen LogP contribution in [0, 0.1) is 6.92 Å². The van der Waals surface area contributed by atoms with E-state index in [9.17, 15) is 4.79 Å². The zero-order chi connectivity index (χ0) is 22.2. The van der Waals surface area contributed by atoms with Gasteiger partial charge in [0.25, 0.3) is 0 Å². The van der Waals surface area contributed by atoms with E-state index in [1.807, 2.05) is 37.3 Å². The number of ether oxygens (including phenoxy) is 3. The minimum Gasteiger partial charge on any atom is -0.439 e. The van der Waals surface area contributed by atoms with Crippen molar-refractivity contribution in [1.82, 2.24) is 14.7 Å². The normalized spacial score (nSPS) is 10.8. The van der Waals surface area contributed by atoms with Crippen molar-refractivity contribution in [3.63, 3.8) is 0 Å². The molecule has 0 aliphatic rings. The van der Waals surface area contributed by atoms with E-state index in [0.717, 1.165) is 16.9 Å². The third-order valence-electron chi connectivity index (χ3n) is 4.70. The van der Waals surface area contributed by atoms with Gasteiger partial charge in [0.2, 0.25) is 11.8 Å². The molecule has 0 N–H and O–H groups in total. The number of para-hydroxylation sites is 1. The van der Waals surface area contributed by atoms with E-state index >= 15 is 0 Å². The number of rotatable bonds is 10. The Kier molecular flexibility index (Phi) is 8.06. The van der Waals surface area contributed by atoms with Crippen molar-refractivity contribution in [3.8, 4) is 17.3 Å². The highest BCUT2D eigenvalue weighted by Crippen LogP contribution is 2.32. The van der Waals surface area contributed by atoms with Crippen LogP contribution in [0.2, 0.25) is 5.02 Å². The van der Waals surface area contributed by atoms with Crippen LogP contribution in [0.1, 0.15) is 11.3 Å². The minimum atomic E-state index is -0.135. The Balaban J connectivity index is 2.02. The molecule has 0 bridgehead atoms. The maximum atomic E-state index is 12.6. The predicted molar refractivity (Wildman–Crippen MR) is 119 cm³/mol. The van der Waals surface area contributed by atoms with Gasteiger partial charge in [-0.25, -0.2) is 4.68 Å². The van der Waals surface area contributed by atoms with Crippen molar-refractivity contribution in [1.29, 1.82) is 0 Å². The van der Waals surface area contributed by atoms with Gasteiger partial charge in [0.05, 0.1) is 30.1 Å². The molecule has 2 aromatic carbocycles. The Morgan fingerprint density at radius 1 is 1.06 bits per heavy atom. The van der Waals surface area contributed by atoms with E-state index in [4.69, 9.17) is 30.9 Å². The zero-order valence-corrected chi connectivity index (χ0v) is 18.6. The number of halogens is 1. The number of benzene rings is 2. The standard InChI is InChI=1S/C23H26ClN3O4/c1-17-21(15-26(13-14-29-2)22(28)16-30-3)23(31-20-11-9-18(24)10-12-20)27(25-17)19-7-5-4-6-8-19/h4-12H,13-16H2,1-3H3. The lowest BCUT2D eigenvalue weighted by molar-refractivity contribution is -0.136. The van der Waals surface area contributed by atoms with E-state index in [1.165, 1.54) is 7.11 Å². The lowest BCUT2D eigenvalue weighted by Gasteiger charge is -2.22. The predicted octanol–water partition coefficient (Wildman–Crippen LogP) is 4.25. The highest BCUT2D eigenvalue weighted by Gasteiger charge is 2.23. The minimum absolute atomic E-state index is 0.0110. The van der Waals surface area contributed by atoms with Crippen LogP contribution in [-0.2, 0) is 20.8 Å². The van der Waals surface area contributed by atoms with E-state index in [-0.39, 0.29) is 12.5 Å². The fourth-order valence-corrected chi connectivity index (χ4v) is 3.21. The molecule has 0 aliphatic carbocycles. The molecule has 7 nitrogen and oxygen atoms in total. The fraction of sp³-hybridized carbons (Fsp3) is 0.304. The molecule has 1 aromatic heterocycles. The average Bonchev–Trinajstić information content (AvgIpc) is 3.08. The molecular formula is C23H26ClN3O4. The molecule has 0 atom stereocenters. The number of nitrogens with zero attached hydrogens (tertiary/aromatic N) is 3. The van der Waals surface area contributed by atoms with Crippen LogP contribution < -0.4 is 4.74 Å². The summed E-state index contributed by atoms with van der Waals surface area (Å²) < 4.78 is 18.2. The number of hydrogen-bond acceptors (Lipinski definition) is 5. The molecule has 0 saturated heterocycles. The Hall–Kier alpha value is -2.87. The quantitative estimate of drug-likeness (QED) is 0.468. The fourth-order valence-electron chi connectivity index (χ4n) is 3.08. The first-order valence-electron chi connectivity index (χ1n) is 9.86. The van der Waals surface area contributed by atoms with E-state index in [2.05, 4.69) is 0 Å². The number of amides is 1. The second-order valence-electron chi connectivity index (χ2n) is 6.91. The third kappa shape index (κ3) is 5.85. The molecular weight excluding hydrogens is 418 g/mol. The second kappa shape index (κ2) is 10.9. The molecule has 1 amide bonds. The molecule has 1 heterocycles. The Morgan fingerprint density at radius 3 is 2.42 bits per heavy atom. The first kappa shape index (κ1) is 22.8. The molecule has 0 spiro atoms. The van der Waals surface area contributed by atoms with Gasteiger partial charge >= 0.3 is 0 Å². The Morgan fingerprint density at radius 2 is 1.77 bits per heavy atom. The lowest BCUT2D eigenvalue weighted by Crippen LogP contribution is -2.36. The summed E-state index contributed by atoms with van der Waals surface area (Å²) in [6.07, 6.45) is 0. The molecule has 0 aliphatic heterocycles. The summed E-state index contributed by atoms with van der Waals surface area (Å²) >= 11 is 6.02. The molecule has 3 aromatic rings. The second-order valence-corrected chi connectivity index (χ2v) is 7.35. The average molecular weight is 444 g/mol. The first-order chi connectivity index (χ1) is 15.0. The number of aryl methyl sites for hydroxylation is 1. The van der Waals surface area contributed by atoms with Crippen LogP contribution in [0.3, 0.4) is 0 Å². The number of carbonyl (C=O) groups is 1. The summed E-state index contributed by atoms with van der Waals surface area (Å²) in [5.74, 6) is 1.02. The summed E-state index contributed by atoms with van der Waals surface area (Å²) in [4.78, 5) is 14.3. The van der Waals surface area contributed by atoms with Gasteiger partial charge in [-0.3, -0.25) is 4.79 Å². The van der Waals surface area contributed by atoms with Crippen LogP contribution in [-0.4, -0.2) is 54.6 Å². The summed E-state index contributed by atoms with van der Waals surface area (Å²) in [7, 11) is 3.10. The molecule has 8 heteroatoms. The molecule has 0 saturated carbocycles. The summed E-state index contributed by atoms with van der Waals surface area (Å²) in [6.45, 7) is 3.04. The van der Waals surface area contributed by atoms with Crippen molar-refractivity contribution < 1.29 is 19.0 Å². The van der Waals surface area contributed by atoms with Crippen molar-refractivity contribution in [2.75, 3.05) is 34.0 Å². The largest absolute Gasteiger partial charge is 0.439 e. The van der Waals surface area contributed by atoms with Crippen molar-refractivity contribution in [3.05, 3.63) is 70.9 Å². The van der Waals surface area contributed by atoms with E-state index in [1.54, 1.807) is 41.0 Å². The highest BCUT2D eigenvalue weighted by atomic mass is 35.5. The number of methoxy groups -OCH3 is 2. The summed E-state index contributed by atoms with van der Waals surface area (Å²) in [5, 5.41) is 5.32. The molecule has 0 unspecified atom stereocenters. The SMILES string of the molecule is COCCN(Cc1c(C)nn(-c2ccccc2)c1Oc1ccc(Cl)cc1)C(=O)COC. The maximum Gasteiger partial charge on any atom is 0.248 e. The van der Waals surface area contributed by atoms with Gasteiger partial charge in [0.15, 0.2) is 0 Å². The van der Waals surface area contributed by atoms with Gasteiger partial charge in [-0.15, -0.1) is 0 Å². The topological polar surface area (TPSA) is 65.8 Å². The van der Waals surface area contributed by atoms with Gasteiger partial charge in [-0.2, -0.15) is 5.10 Å². The summed E-state index contributed by atoms with van der Waals surface area (Å²) in [5.41, 5.74) is 2.42. The summed E-state index contributed by atoms with van der Waals surface area (Å²) in [6, 6.07) is 16.8. The van der Waals surface area contributed by atoms with Crippen molar-refractivity contribution >= 4 is 17.5 Å². The number of carbonyl (C=O) groups excluding carboxylic acids is 1. The molecule has 164 valence electrons. The molecule has 3 rings (SSSR count). The molecule has 31 heavy (non-hydrogen) atoms. The van der Waals surface area contributed by atoms with Gasteiger partial charge in [0, 0.05) is 25.8 Å². The Bertz CT molecular complexity index is 990. The van der Waals surface area contributed by atoms with Crippen molar-refractivity contribution in [2.45, 2.75) is 13.5 Å². The van der Waals surface area contributed by atoms with Crippen LogP contribution in [0.5, 0.6) is 11.6 Å². The van der Waals surface area contributed by atoms with Crippen LogP contribution in [0.25, 0.3) is 5.69 Å². The monoisotopic (exact) mass is 443 g/mol. The van der Waals surface area contributed by atoms with Crippen molar-refractivity contribution in [2.24, 2.45) is 0 Å². The third-order valence-corrected chi connectivity index (χ3v) is 4.95. The lowest BCUT2D eigenvalue weighted by atomic mass is 10.2. The van der Waals surface area contributed by atoms with Gasteiger partial charge in [0.1, 0.15) is 12.4 Å². The number of hydrogen-bond donors (Lipinski definition) is 0. The van der Waals surface area contributed by atoms with E-state index < -0.39 is 0 Å². The van der Waals surface area contributed by atoms with Crippen LogP contribution in [0.15, 0.2) is 54.6 Å². The number of aromatic nitrogens is 2. The smallest absolute Gasteiger partial charge is 0.248 e. The van der Waals surface area contributed by atoms with Gasteiger partial charge in [-0.05, 0) is 43.3 Å². The highest BCUT2D eigenvalue weighted by molar-refractivity contribution is 6.30.